The summed E-state index contributed by atoms with van der Waals surface area (Å²) in [6, 6.07) is 19.9. The van der Waals surface area contributed by atoms with E-state index in [0.29, 0.717) is 41.0 Å². The second-order valence-corrected chi connectivity index (χ2v) is 9.67. The van der Waals surface area contributed by atoms with E-state index < -0.39 is 17.1 Å². The van der Waals surface area contributed by atoms with Crippen molar-refractivity contribution in [3.63, 3.8) is 0 Å². The maximum absolute atomic E-state index is 12.9. The van der Waals surface area contributed by atoms with Crippen LogP contribution in [-0.2, 0) is 16.2 Å². The second-order valence-electron chi connectivity index (χ2n) is 8.24. The number of benzene rings is 3. The zero-order valence-corrected chi connectivity index (χ0v) is 21.9. The lowest BCUT2D eigenvalue weighted by Crippen LogP contribution is -2.36. The number of imide groups is 1. The predicted molar refractivity (Wildman–Crippen MR) is 146 cm³/mol. The van der Waals surface area contributed by atoms with Gasteiger partial charge in [0.15, 0.2) is 11.5 Å². The summed E-state index contributed by atoms with van der Waals surface area (Å²) in [5.74, 6) is 0.0940. The highest BCUT2D eigenvalue weighted by molar-refractivity contribution is 8.18. The molecule has 190 valence electrons. The Labute approximate surface area is 224 Å². The third-order valence-corrected chi connectivity index (χ3v) is 6.50. The van der Waals surface area contributed by atoms with Crippen molar-refractivity contribution in [1.29, 1.82) is 0 Å². The SMILES string of the molecule is CCOc1cc(/C=C2\SC(=O)N(CC(=O)Nc3ccc(Cl)cc3)C2=O)ccc1OCc1cccc(C)c1. The van der Waals surface area contributed by atoms with Crippen molar-refractivity contribution in [2.75, 3.05) is 18.5 Å². The molecule has 1 heterocycles. The van der Waals surface area contributed by atoms with Crippen LogP contribution in [0.3, 0.4) is 0 Å². The third-order valence-electron chi connectivity index (χ3n) is 5.35. The molecular weight excluding hydrogens is 512 g/mol. The smallest absolute Gasteiger partial charge is 0.294 e. The lowest BCUT2D eigenvalue weighted by molar-refractivity contribution is -0.127. The molecule has 0 unspecified atom stereocenters. The van der Waals surface area contributed by atoms with Crippen molar-refractivity contribution in [1.82, 2.24) is 4.90 Å². The summed E-state index contributed by atoms with van der Waals surface area (Å²) in [6.07, 6.45) is 1.61. The Bertz CT molecular complexity index is 1360. The molecule has 37 heavy (non-hydrogen) atoms. The Morgan fingerprint density at radius 1 is 1.03 bits per heavy atom. The van der Waals surface area contributed by atoms with Crippen LogP contribution in [0.2, 0.25) is 5.02 Å². The van der Waals surface area contributed by atoms with Gasteiger partial charge < -0.3 is 14.8 Å². The van der Waals surface area contributed by atoms with Crippen LogP contribution in [0, 0.1) is 6.92 Å². The topological polar surface area (TPSA) is 84.9 Å². The first-order valence-corrected chi connectivity index (χ1v) is 12.8. The Morgan fingerprint density at radius 3 is 2.54 bits per heavy atom. The van der Waals surface area contributed by atoms with E-state index in [1.54, 1.807) is 48.5 Å². The molecule has 3 aromatic rings. The molecule has 1 fully saturated rings. The lowest BCUT2D eigenvalue weighted by atomic mass is 10.1. The number of carbonyl (C=O) groups is 3. The van der Waals surface area contributed by atoms with E-state index in [0.717, 1.165) is 27.8 Å². The molecule has 0 atom stereocenters. The second kappa shape index (κ2) is 12.0. The molecule has 3 amide bonds. The molecular formula is C28H25ClN2O5S. The van der Waals surface area contributed by atoms with Gasteiger partial charge in [-0.05, 0) is 79.2 Å². The molecule has 9 heteroatoms. The highest BCUT2D eigenvalue weighted by Gasteiger charge is 2.36. The number of aryl methyl sites for hydroxylation is 1. The van der Waals surface area contributed by atoms with Crippen molar-refractivity contribution in [2.24, 2.45) is 0 Å². The van der Waals surface area contributed by atoms with Crippen molar-refractivity contribution in [3.8, 4) is 11.5 Å². The lowest BCUT2D eigenvalue weighted by Gasteiger charge is -2.13. The van der Waals surface area contributed by atoms with E-state index >= 15 is 0 Å². The van der Waals surface area contributed by atoms with E-state index in [2.05, 4.69) is 11.4 Å². The number of halogens is 1. The van der Waals surface area contributed by atoms with E-state index in [1.165, 1.54) is 0 Å². The summed E-state index contributed by atoms with van der Waals surface area (Å²) in [7, 11) is 0. The van der Waals surface area contributed by atoms with Gasteiger partial charge in [0.2, 0.25) is 5.91 Å². The average molecular weight is 537 g/mol. The van der Waals surface area contributed by atoms with Gasteiger partial charge in [0.05, 0.1) is 11.5 Å². The van der Waals surface area contributed by atoms with Crippen molar-refractivity contribution < 1.29 is 23.9 Å². The highest BCUT2D eigenvalue weighted by atomic mass is 35.5. The normalized spacial score (nSPS) is 14.2. The standard InChI is InChI=1S/C28H25ClN2O5S/c1-3-35-24-14-19(7-12-23(24)36-17-20-6-4-5-18(2)13-20)15-25-27(33)31(28(34)37-25)16-26(32)30-22-10-8-21(29)9-11-22/h4-15H,3,16-17H2,1-2H3,(H,30,32)/b25-15-. The third kappa shape index (κ3) is 6.93. The average Bonchev–Trinajstić information content (AvgIpc) is 3.12. The maximum Gasteiger partial charge on any atom is 0.294 e. The zero-order chi connectivity index (χ0) is 26.4. The van der Waals surface area contributed by atoms with Crippen molar-refractivity contribution in [2.45, 2.75) is 20.5 Å². The number of thioether (sulfide) groups is 1. The molecule has 0 spiro atoms. The maximum atomic E-state index is 12.9. The van der Waals surface area contributed by atoms with Crippen molar-refractivity contribution in [3.05, 3.63) is 93.3 Å². The van der Waals surface area contributed by atoms with E-state index in [9.17, 15) is 14.4 Å². The summed E-state index contributed by atoms with van der Waals surface area (Å²) in [5, 5.41) is 2.68. The molecule has 1 N–H and O–H groups in total. The van der Waals surface area contributed by atoms with Crippen LogP contribution in [-0.4, -0.2) is 35.1 Å². The van der Waals surface area contributed by atoms with Gasteiger partial charge in [-0.1, -0.05) is 47.5 Å². The molecule has 0 saturated carbocycles. The molecule has 0 aromatic heterocycles. The number of hydrogen-bond donors (Lipinski definition) is 1. The molecule has 0 bridgehead atoms. The van der Waals surface area contributed by atoms with Gasteiger partial charge in [-0.2, -0.15) is 0 Å². The summed E-state index contributed by atoms with van der Waals surface area (Å²) >= 11 is 6.64. The zero-order valence-electron chi connectivity index (χ0n) is 20.3. The van der Waals surface area contributed by atoms with Crippen LogP contribution in [0.15, 0.2) is 71.6 Å². The summed E-state index contributed by atoms with van der Waals surface area (Å²) in [6.45, 7) is 4.33. The molecule has 4 rings (SSSR count). The molecule has 1 saturated heterocycles. The fourth-order valence-electron chi connectivity index (χ4n) is 3.63. The van der Waals surface area contributed by atoms with Gasteiger partial charge in [0, 0.05) is 10.7 Å². The van der Waals surface area contributed by atoms with Gasteiger partial charge in [-0.15, -0.1) is 0 Å². The van der Waals surface area contributed by atoms with Gasteiger partial charge in [0.1, 0.15) is 13.2 Å². The van der Waals surface area contributed by atoms with Crippen LogP contribution < -0.4 is 14.8 Å². The Kier molecular flexibility index (Phi) is 8.53. The Morgan fingerprint density at radius 2 is 1.81 bits per heavy atom. The molecule has 7 nitrogen and oxygen atoms in total. The minimum absolute atomic E-state index is 0.222. The number of ether oxygens (including phenoxy) is 2. The number of nitrogens with zero attached hydrogens (tertiary/aromatic N) is 1. The minimum atomic E-state index is -0.529. The van der Waals surface area contributed by atoms with E-state index in [-0.39, 0.29) is 11.4 Å². The van der Waals surface area contributed by atoms with Crippen molar-refractivity contribution >= 4 is 52.2 Å². The minimum Gasteiger partial charge on any atom is -0.490 e. The van der Waals surface area contributed by atoms with Crippen LogP contribution >= 0.6 is 23.4 Å². The summed E-state index contributed by atoms with van der Waals surface area (Å²) in [4.78, 5) is 38.9. The monoisotopic (exact) mass is 536 g/mol. The van der Waals surface area contributed by atoms with E-state index in [4.69, 9.17) is 21.1 Å². The number of amides is 3. The number of hydrogen-bond acceptors (Lipinski definition) is 6. The first kappa shape index (κ1) is 26.3. The predicted octanol–water partition coefficient (Wildman–Crippen LogP) is 6.30. The van der Waals surface area contributed by atoms with E-state index in [1.807, 2.05) is 32.0 Å². The number of rotatable bonds is 9. The largest absolute Gasteiger partial charge is 0.490 e. The first-order chi connectivity index (χ1) is 17.8. The first-order valence-electron chi connectivity index (χ1n) is 11.6. The molecule has 0 aliphatic carbocycles. The van der Waals surface area contributed by atoms with Gasteiger partial charge in [-0.25, -0.2) is 0 Å². The summed E-state index contributed by atoms with van der Waals surface area (Å²) in [5.41, 5.74) is 3.38. The fraction of sp³-hybridized carbons (Fsp3) is 0.179. The molecule has 3 aromatic carbocycles. The Balaban J connectivity index is 1.44. The molecule has 1 aliphatic heterocycles. The number of nitrogens with one attached hydrogen (secondary N) is 1. The highest BCUT2D eigenvalue weighted by Crippen LogP contribution is 2.35. The van der Waals surface area contributed by atoms with Gasteiger partial charge in [0.25, 0.3) is 11.1 Å². The Hall–Kier alpha value is -3.75. The quantitative estimate of drug-likeness (QED) is 0.323. The number of anilines is 1. The molecule has 0 radical (unpaired) electrons. The van der Waals surface area contributed by atoms with Crippen LogP contribution in [0.1, 0.15) is 23.6 Å². The number of carbonyl (C=O) groups excluding carboxylic acids is 3. The van der Waals surface area contributed by atoms with Crippen LogP contribution in [0.5, 0.6) is 11.5 Å². The molecule has 1 aliphatic rings. The van der Waals surface area contributed by atoms with Crippen LogP contribution in [0.4, 0.5) is 10.5 Å². The van der Waals surface area contributed by atoms with Crippen LogP contribution in [0.25, 0.3) is 6.08 Å². The summed E-state index contributed by atoms with van der Waals surface area (Å²) < 4.78 is 11.7. The van der Waals surface area contributed by atoms with Gasteiger partial charge in [-0.3, -0.25) is 19.3 Å². The fourth-order valence-corrected chi connectivity index (χ4v) is 4.59. The van der Waals surface area contributed by atoms with Gasteiger partial charge >= 0.3 is 0 Å².